The van der Waals surface area contributed by atoms with Crippen LogP contribution in [0.4, 0.5) is 13.2 Å². The number of hydrogen-bond donors (Lipinski definition) is 1. The summed E-state index contributed by atoms with van der Waals surface area (Å²) in [6, 6.07) is 5.09. The van der Waals surface area contributed by atoms with Gasteiger partial charge in [-0.15, -0.1) is 0 Å². The lowest BCUT2D eigenvalue weighted by Gasteiger charge is -2.35. The molecule has 3 rings (SSSR count). The van der Waals surface area contributed by atoms with E-state index in [0.29, 0.717) is 24.2 Å². The molecule has 0 aromatic heterocycles. The Morgan fingerprint density at radius 1 is 1.26 bits per heavy atom. The molecule has 4 nitrogen and oxygen atoms in total. The Labute approximate surface area is 155 Å². The van der Waals surface area contributed by atoms with Crippen LogP contribution in [0.1, 0.15) is 50.2 Å². The number of dihydropyridines is 1. The predicted octanol–water partition coefficient (Wildman–Crippen LogP) is 4.24. The van der Waals surface area contributed by atoms with E-state index in [9.17, 15) is 22.8 Å². The predicted molar refractivity (Wildman–Crippen MR) is 92.5 cm³/mol. The monoisotopic (exact) mass is 379 g/mol. The second-order valence-electron chi connectivity index (χ2n) is 6.57. The van der Waals surface area contributed by atoms with Gasteiger partial charge < -0.3 is 10.1 Å². The average Bonchev–Trinajstić information content (AvgIpc) is 2.60. The van der Waals surface area contributed by atoms with Gasteiger partial charge in [0.15, 0.2) is 5.78 Å². The van der Waals surface area contributed by atoms with Crippen LogP contribution in [0.5, 0.6) is 0 Å². The van der Waals surface area contributed by atoms with Gasteiger partial charge in [-0.25, -0.2) is 4.79 Å². The molecule has 2 aliphatic rings. The van der Waals surface area contributed by atoms with E-state index in [1.807, 2.05) is 0 Å². The van der Waals surface area contributed by atoms with Crippen LogP contribution in [0, 0.1) is 0 Å². The summed E-state index contributed by atoms with van der Waals surface area (Å²) in [6.45, 7) is 3.33. The highest BCUT2D eigenvalue weighted by atomic mass is 19.4. The second-order valence-corrected chi connectivity index (χ2v) is 6.57. The molecule has 1 aromatic carbocycles. The van der Waals surface area contributed by atoms with Crippen molar-refractivity contribution in [2.45, 2.75) is 45.2 Å². The third-order valence-electron chi connectivity index (χ3n) is 4.85. The number of Topliss-reactive ketones (excluding diaryl/α,β-unsaturated/α-hetero) is 1. The third-order valence-corrected chi connectivity index (χ3v) is 4.85. The molecule has 1 aliphatic heterocycles. The zero-order valence-electron chi connectivity index (χ0n) is 15.1. The van der Waals surface area contributed by atoms with Gasteiger partial charge in [-0.3, -0.25) is 4.79 Å². The first-order valence-electron chi connectivity index (χ1n) is 8.83. The second kappa shape index (κ2) is 7.21. The standard InChI is InChI=1S/C20H20F3NO3/c1-3-27-19(26)16-11(2)24-14-9-6-10-15(25)18(14)17(16)12-7-4-5-8-13(12)20(21,22)23/h4-5,7-8,17,24H,3,6,9-10H2,1-2H3/t17-/m1/s1. The highest BCUT2D eigenvalue weighted by molar-refractivity contribution is 6.03. The van der Waals surface area contributed by atoms with Crippen molar-refractivity contribution in [3.63, 3.8) is 0 Å². The summed E-state index contributed by atoms with van der Waals surface area (Å²) in [4.78, 5) is 25.3. The first-order valence-corrected chi connectivity index (χ1v) is 8.83. The number of nitrogens with one attached hydrogen (secondary N) is 1. The van der Waals surface area contributed by atoms with Gasteiger partial charge in [0, 0.05) is 29.3 Å². The summed E-state index contributed by atoms with van der Waals surface area (Å²) >= 11 is 0. The molecule has 27 heavy (non-hydrogen) atoms. The van der Waals surface area contributed by atoms with Gasteiger partial charge in [0.05, 0.1) is 17.7 Å². The minimum atomic E-state index is -4.60. The SMILES string of the molecule is CCOC(=O)C1=C(C)NC2=C(C(=O)CCC2)[C@@H]1c1ccccc1C(F)(F)F. The molecule has 7 heteroatoms. The highest BCUT2D eigenvalue weighted by Crippen LogP contribution is 2.46. The molecule has 0 unspecified atom stereocenters. The number of esters is 1. The lowest BCUT2D eigenvalue weighted by molar-refractivity contribution is -0.140. The molecular weight excluding hydrogens is 359 g/mol. The van der Waals surface area contributed by atoms with Gasteiger partial charge >= 0.3 is 12.1 Å². The molecule has 1 aromatic rings. The summed E-state index contributed by atoms with van der Waals surface area (Å²) in [5, 5.41) is 3.05. The third kappa shape index (κ3) is 3.50. The van der Waals surface area contributed by atoms with Crippen molar-refractivity contribution >= 4 is 11.8 Å². The summed E-state index contributed by atoms with van der Waals surface area (Å²) in [6.07, 6.45) is -3.17. The quantitative estimate of drug-likeness (QED) is 0.799. The zero-order chi connectivity index (χ0) is 19.8. The first kappa shape index (κ1) is 19.2. The summed E-state index contributed by atoms with van der Waals surface area (Å²) in [5.41, 5.74) is 0.366. The minimum absolute atomic E-state index is 0.0579. The van der Waals surface area contributed by atoms with Crippen LogP contribution in [0.25, 0.3) is 0 Å². The number of hydrogen-bond acceptors (Lipinski definition) is 4. The zero-order valence-corrected chi connectivity index (χ0v) is 15.1. The number of ether oxygens (including phenoxy) is 1. The minimum Gasteiger partial charge on any atom is -0.463 e. The van der Waals surface area contributed by atoms with E-state index in [1.54, 1.807) is 13.8 Å². The largest absolute Gasteiger partial charge is 0.463 e. The van der Waals surface area contributed by atoms with Crippen LogP contribution in [0.15, 0.2) is 46.8 Å². The van der Waals surface area contributed by atoms with Crippen LogP contribution in [-0.4, -0.2) is 18.4 Å². The van der Waals surface area contributed by atoms with E-state index >= 15 is 0 Å². The fourth-order valence-corrected chi connectivity index (χ4v) is 3.78. The molecule has 0 fully saturated rings. The van der Waals surface area contributed by atoms with E-state index in [-0.39, 0.29) is 35.5 Å². The number of halogens is 3. The van der Waals surface area contributed by atoms with E-state index in [4.69, 9.17) is 4.74 Å². The molecule has 1 N–H and O–H groups in total. The lowest BCUT2D eigenvalue weighted by Crippen LogP contribution is -2.35. The van der Waals surface area contributed by atoms with Crippen molar-refractivity contribution < 1.29 is 27.5 Å². The average molecular weight is 379 g/mol. The first-order chi connectivity index (χ1) is 12.8. The van der Waals surface area contributed by atoms with Crippen molar-refractivity contribution in [3.05, 3.63) is 57.9 Å². The van der Waals surface area contributed by atoms with Crippen LogP contribution in [-0.2, 0) is 20.5 Å². The molecule has 0 bridgehead atoms. The van der Waals surface area contributed by atoms with Crippen LogP contribution in [0.3, 0.4) is 0 Å². The number of alkyl halides is 3. The molecular formula is C20H20F3NO3. The Morgan fingerprint density at radius 3 is 2.63 bits per heavy atom. The number of benzene rings is 1. The van der Waals surface area contributed by atoms with E-state index in [1.165, 1.54) is 18.2 Å². The lowest BCUT2D eigenvalue weighted by atomic mass is 9.74. The van der Waals surface area contributed by atoms with Crippen LogP contribution in [0.2, 0.25) is 0 Å². The fourth-order valence-electron chi connectivity index (χ4n) is 3.78. The Kier molecular flexibility index (Phi) is 5.13. The summed E-state index contributed by atoms with van der Waals surface area (Å²) in [7, 11) is 0. The van der Waals surface area contributed by atoms with Crippen molar-refractivity contribution in [2.75, 3.05) is 6.61 Å². The number of rotatable bonds is 3. The normalized spacial score (nSPS) is 20.3. The van der Waals surface area contributed by atoms with Crippen molar-refractivity contribution in [1.29, 1.82) is 0 Å². The van der Waals surface area contributed by atoms with E-state index in [2.05, 4.69) is 5.32 Å². The van der Waals surface area contributed by atoms with Crippen molar-refractivity contribution in [2.24, 2.45) is 0 Å². The Bertz CT molecular complexity index is 852. The number of allylic oxidation sites excluding steroid dienone is 3. The molecule has 144 valence electrons. The molecule has 0 amide bonds. The van der Waals surface area contributed by atoms with Crippen LogP contribution < -0.4 is 5.32 Å². The van der Waals surface area contributed by atoms with Gasteiger partial charge in [0.25, 0.3) is 0 Å². The fraction of sp³-hybridized carbons (Fsp3) is 0.400. The van der Waals surface area contributed by atoms with Gasteiger partial charge in [-0.2, -0.15) is 13.2 Å². The number of ketones is 1. The number of carbonyl (C=O) groups excluding carboxylic acids is 2. The summed E-state index contributed by atoms with van der Waals surface area (Å²) in [5.74, 6) is -2.04. The maximum absolute atomic E-state index is 13.6. The highest BCUT2D eigenvalue weighted by Gasteiger charge is 2.43. The van der Waals surface area contributed by atoms with Gasteiger partial charge in [0.2, 0.25) is 0 Å². The van der Waals surface area contributed by atoms with E-state index in [0.717, 1.165) is 6.07 Å². The number of carbonyl (C=O) groups is 2. The summed E-state index contributed by atoms with van der Waals surface area (Å²) < 4.78 is 46.0. The van der Waals surface area contributed by atoms with Crippen LogP contribution >= 0.6 is 0 Å². The molecule has 0 spiro atoms. The smallest absolute Gasteiger partial charge is 0.416 e. The molecule has 1 heterocycles. The van der Waals surface area contributed by atoms with Gasteiger partial charge in [-0.05, 0) is 38.3 Å². The topological polar surface area (TPSA) is 55.4 Å². The Hall–Kier alpha value is -2.57. The van der Waals surface area contributed by atoms with E-state index < -0.39 is 23.6 Å². The molecule has 1 aliphatic carbocycles. The van der Waals surface area contributed by atoms with Crippen molar-refractivity contribution in [1.82, 2.24) is 5.32 Å². The Balaban J connectivity index is 2.26. The molecule has 0 saturated carbocycles. The maximum Gasteiger partial charge on any atom is 0.416 e. The van der Waals surface area contributed by atoms with Gasteiger partial charge in [-0.1, -0.05) is 18.2 Å². The molecule has 0 saturated heterocycles. The molecule has 1 atom stereocenters. The molecule has 0 radical (unpaired) electrons. The Morgan fingerprint density at radius 2 is 1.96 bits per heavy atom. The van der Waals surface area contributed by atoms with Crippen molar-refractivity contribution in [3.8, 4) is 0 Å². The maximum atomic E-state index is 13.6. The van der Waals surface area contributed by atoms with Gasteiger partial charge in [0.1, 0.15) is 0 Å².